The Hall–Kier alpha value is -3.59. The van der Waals surface area contributed by atoms with E-state index in [9.17, 15) is 9.59 Å². The van der Waals surface area contributed by atoms with Crippen molar-refractivity contribution in [1.82, 2.24) is 19.4 Å². The van der Waals surface area contributed by atoms with Crippen LogP contribution in [0.5, 0.6) is 5.75 Å². The number of nitrogens with one attached hydrogen (secondary N) is 2. The third-order valence-electron chi connectivity index (χ3n) is 4.91. The van der Waals surface area contributed by atoms with Gasteiger partial charge in [0.05, 0.1) is 5.69 Å². The van der Waals surface area contributed by atoms with Gasteiger partial charge < -0.3 is 19.4 Å². The van der Waals surface area contributed by atoms with Crippen molar-refractivity contribution in [2.45, 2.75) is 31.5 Å². The van der Waals surface area contributed by atoms with Crippen LogP contribution in [0.2, 0.25) is 0 Å². The number of imidazole rings is 1. The number of hydrogen-bond acceptors (Lipinski definition) is 6. The van der Waals surface area contributed by atoms with Crippen LogP contribution in [0.15, 0.2) is 64.8 Å². The molecular formula is C23H23N5O3S. The summed E-state index contributed by atoms with van der Waals surface area (Å²) in [6, 6.07) is 13.0. The Morgan fingerprint density at radius 3 is 2.88 bits per heavy atom. The number of rotatable bonds is 8. The summed E-state index contributed by atoms with van der Waals surface area (Å²) in [7, 11) is 0. The van der Waals surface area contributed by atoms with Crippen molar-refractivity contribution in [3.8, 4) is 5.75 Å². The number of aromatic amines is 1. The van der Waals surface area contributed by atoms with Crippen LogP contribution in [0.3, 0.4) is 0 Å². The minimum Gasteiger partial charge on any atom is -0.487 e. The van der Waals surface area contributed by atoms with Crippen LogP contribution >= 0.6 is 11.8 Å². The van der Waals surface area contributed by atoms with E-state index in [1.165, 1.54) is 11.8 Å². The number of carbonyl (C=O) groups is 1. The molecule has 1 amide bonds. The van der Waals surface area contributed by atoms with E-state index < -0.39 is 0 Å². The van der Waals surface area contributed by atoms with Crippen molar-refractivity contribution in [3.05, 3.63) is 82.2 Å². The van der Waals surface area contributed by atoms with E-state index in [0.717, 1.165) is 11.3 Å². The number of benzene rings is 1. The lowest BCUT2D eigenvalue weighted by Gasteiger charge is -2.09. The summed E-state index contributed by atoms with van der Waals surface area (Å²) in [6.45, 7) is 2.10. The van der Waals surface area contributed by atoms with Crippen LogP contribution < -0.4 is 15.6 Å². The highest BCUT2D eigenvalue weighted by Crippen LogP contribution is 2.19. The summed E-state index contributed by atoms with van der Waals surface area (Å²) in [5.74, 6) is 0.444. The largest absolute Gasteiger partial charge is 0.487 e. The van der Waals surface area contributed by atoms with E-state index in [0.29, 0.717) is 40.9 Å². The van der Waals surface area contributed by atoms with Gasteiger partial charge in [0.25, 0.3) is 5.56 Å². The second-order valence-corrected chi connectivity index (χ2v) is 8.00. The second-order valence-electron chi connectivity index (χ2n) is 7.20. The standard InChI is InChI=1S/C23H23N5O3S/c1-15-19(22(30)27-23(24-15)32-2)9-10-21(29)26-16-6-5-7-18(12-16)31-14-17-13-28-11-4-3-8-20(28)25-17/h3-8,11-13H,9-10,14H2,1-2H3,(H,26,29)(H,24,27,30). The molecule has 1 aromatic carbocycles. The quantitative estimate of drug-likeness (QED) is 0.315. The highest BCUT2D eigenvalue weighted by molar-refractivity contribution is 7.98. The van der Waals surface area contributed by atoms with E-state index >= 15 is 0 Å². The van der Waals surface area contributed by atoms with Crippen molar-refractivity contribution >= 4 is 29.0 Å². The molecule has 164 valence electrons. The molecular weight excluding hydrogens is 426 g/mol. The number of pyridine rings is 1. The van der Waals surface area contributed by atoms with Crippen LogP contribution in [-0.4, -0.2) is 31.5 Å². The first kappa shape index (κ1) is 21.6. The molecule has 9 heteroatoms. The molecule has 0 radical (unpaired) electrons. The zero-order chi connectivity index (χ0) is 22.5. The number of nitrogens with zero attached hydrogens (tertiary/aromatic N) is 3. The maximum atomic E-state index is 12.4. The summed E-state index contributed by atoms with van der Waals surface area (Å²) >= 11 is 1.37. The van der Waals surface area contributed by atoms with Gasteiger partial charge in [-0.1, -0.05) is 23.9 Å². The number of ether oxygens (including phenoxy) is 1. The Kier molecular flexibility index (Phi) is 6.55. The zero-order valence-electron chi connectivity index (χ0n) is 17.8. The van der Waals surface area contributed by atoms with Crippen LogP contribution in [-0.2, 0) is 17.8 Å². The molecule has 4 rings (SSSR count). The molecule has 32 heavy (non-hydrogen) atoms. The van der Waals surface area contributed by atoms with Gasteiger partial charge in [-0.25, -0.2) is 9.97 Å². The number of carbonyl (C=O) groups excluding carboxylic acids is 1. The Balaban J connectivity index is 1.34. The van der Waals surface area contributed by atoms with Crippen molar-refractivity contribution in [2.75, 3.05) is 11.6 Å². The topological polar surface area (TPSA) is 101 Å². The smallest absolute Gasteiger partial charge is 0.254 e. The van der Waals surface area contributed by atoms with Gasteiger partial charge >= 0.3 is 0 Å². The molecule has 0 aliphatic heterocycles. The SMILES string of the molecule is CSc1nc(C)c(CCC(=O)Nc2cccc(OCc3cn4ccccc4n3)c2)c(=O)[nH]1. The number of aryl methyl sites for hydroxylation is 1. The number of amides is 1. The number of thioether (sulfide) groups is 1. The second kappa shape index (κ2) is 9.69. The minimum absolute atomic E-state index is 0.177. The Morgan fingerprint density at radius 1 is 1.22 bits per heavy atom. The lowest BCUT2D eigenvalue weighted by Crippen LogP contribution is -2.20. The summed E-state index contributed by atoms with van der Waals surface area (Å²) in [5, 5.41) is 3.43. The van der Waals surface area contributed by atoms with Gasteiger partial charge in [-0.05, 0) is 43.9 Å². The molecule has 0 unspecified atom stereocenters. The first-order valence-electron chi connectivity index (χ1n) is 10.1. The highest BCUT2D eigenvalue weighted by Gasteiger charge is 2.11. The first-order valence-corrected chi connectivity index (χ1v) is 11.3. The molecule has 0 saturated heterocycles. The molecule has 0 fully saturated rings. The fraction of sp³-hybridized carbons (Fsp3) is 0.217. The zero-order valence-corrected chi connectivity index (χ0v) is 18.6. The van der Waals surface area contributed by atoms with Gasteiger partial charge in [0.1, 0.15) is 18.0 Å². The maximum absolute atomic E-state index is 12.4. The van der Waals surface area contributed by atoms with E-state index in [2.05, 4.69) is 20.3 Å². The van der Waals surface area contributed by atoms with Crippen molar-refractivity contribution in [3.63, 3.8) is 0 Å². The monoisotopic (exact) mass is 449 g/mol. The average Bonchev–Trinajstić information content (AvgIpc) is 3.20. The van der Waals surface area contributed by atoms with Crippen LogP contribution in [0.4, 0.5) is 5.69 Å². The Labute approximate surface area is 189 Å². The van der Waals surface area contributed by atoms with Gasteiger partial charge in [0.2, 0.25) is 5.91 Å². The normalized spacial score (nSPS) is 10.9. The molecule has 0 saturated carbocycles. The minimum atomic E-state index is -0.197. The van der Waals surface area contributed by atoms with Crippen LogP contribution in [0.25, 0.3) is 5.65 Å². The van der Waals surface area contributed by atoms with E-state index in [-0.39, 0.29) is 17.9 Å². The fourth-order valence-electron chi connectivity index (χ4n) is 3.32. The van der Waals surface area contributed by atoms with Crippen molar-refractivity contribution < 1.29 is 9.53 Å². The number of anilines is 1. The van der Waals surface area contributed by atoms with Gasteiger partial charge in [-0.2, -0.15) is 0 Å². The lowest BCUT2D eigenvalue weighted by molar-refractivity contribution is -0.116. The third kappa shape index (κ3) is 5.17. The summed E-state index contributed by atoms with van der Waals surface area (Å²) < 4.78 is 7.78. The van der Waals surface area contributed by atoms with Crippen LogP contribution in [0.1, 0.15) is 23.4 Å². The van der Waals surface area contributed by atoms with E-state index in [1.807, 2.05) is 53.4 Å². The molecule has 0 atom stereocenters. The third-order valence-corrected chi connectivity index (χ3v) is 5.49. The summed E-state index contributed by atoms with van der Waals surface area (Å²) in [5.41, 5.74) is 3.28. The average molecular weight is 450 g/mol. The molecule has 0 aliphatic carbocycles. The van der Waals surface area contributed by atoms with Crippen molar-refractivity contribution in [2.24, 2.45) is 0 Å². The fourth-order valence-corrected chi connectivity index (χ4v) is 3.74. The Bertz CT molecular complexity index is 1280. The van der Waals surface area contributed by atoms with Crippen molar-refractivity contribution in [1.29, 1.82) is 0 Å². The summed E-state index contributed by atoms with van der Waals surface area (Å²) in [6.07, 6.45) is 6.20. The highest BCUT2D eigenvalue weighted by atomic mass is 32.2. The van der Waals surface area contributed by atoms with E-state index in [4.69, 9.17) is 4.74 Å². The lowest BCUT2D eigenvalue weighted by atomic mass is 10.1. The Morgan fingerprint density at radius 2 is 2.09 bits per heavy atom. The number of fused-ring (bicyclic) bond motifs is 1. The van der Waals surface area contributed by atoms with Gasteiger partial charge in [-0.15, -0.1) is 0 Å². The molecule has 3 heterocycles. The van der Waals surface area contributed by atoms with Gasteiger partial charge in [-0.3, -0.25) is 9.59 Å². The predicted molar refractivity (Wildman–Crippen MR) is 124 cm³/mol. The van der Waals surface area contributed by atoms with E-state index in [1.54, 1.807) is 19.1 Å². The number of aromatic nitrogens is 4. The molecule has 4 aromatic rings. The van der Waals surface area contributed by atoms with Gasteiger partial charge in [0, 0.05) is 41.8 Å². The maximum Gasteiger partial charge on any atom is 0.254 e. The predicted octanol–water partition coefficient (Wildman–Crippen LogP) is 3.60. The molecule has 8 nitrogen and oxygen atoms in total. The molecule has 0 aliphatic rings. The van der Waals surface area contributed by atoms with Gasteiger partial charge in [0.15, 0.2) is 5.16 Å². The first-order chi connectivity index (χ1) is 15.5. The molecule has 0 spiro atoms. The summed E-state index contributed by atoms with van der Waals surface area (Å²) in [4.78, 5) is 36.2. The molecule has 2 N–H and O–H groups in total. The molecule has 3 aromatic heterocycles. The van der Waals surface area contributed by atoms with Crippen LogP contribution in [0, 0.1) is 6.92 Å². The number of H-pyrrole nitrogens is 1. The molecule has 0 bridgehead atoms. The number of hydrogen-bond donors (Lipinski definition) is 2.